The highest BCUT2D eigenvalue weighted by Gasteiger charge is 2.32. The van der Waals surface area contributed by atoms with E-state index in [-0.39, 0.29) is 11.9 Å². The molecule has 2 aliphatic heterocycles. The number of rotatable bonds is 8. The minimum atomic E-state index is -0.807. The van der Waals surface area contributed by atoms with Gasteiger partial charge in [0, 0.05) is 31.3 Å². The summed E-state index contributed by atoms with van der Waals surface area (Å²) in [5, 5.41) is 10.6. The molecule has 2 fully saturated rings. The number of hydrogen-bond acceptors (Lipinski definition) is 7. The SMILES string of the molecule is CC(C)(C)OC(=O)CN1CCC(COc2ccc(C3=CCC(C(O)N4CCC(F)C4)CC3)cn2)CC1. The van der Waals surface area contributed by atoms with Crippen molar-refractivity contribution in [2.24, 2.45) is 11.8 Å². The van der Waals surface area contributed by atoms with E-state index in [9.17, 15) is 14.3 Å². The summed E-state index contributed by atoms with van der Waals surface area (Å²) in [7, 11) is 0. The highest BCUT2D eigenvalue weighted by molar-refractivity contribution is 5.72. The van der Waals surface area contributed by atoms with Crippen molar-refractivity contribution in [3.8, 4) is 5.88 Å². The average Bonchev–Trinajstić information content (AvgIpc) is 3.29. The van der Waals surface area contributed by atoms with E-state index in [0.29, 0.717) is 44.5 Å². The molecule has 8 heteroatoms. The fraction of sp³-hybridized carbons (Fsp3) is 0.714. The van der Waals surface area contributed by atoms with Crippen LogP contribution in [-0.2, 0) is 9.53 Å². The third-order valence-corrected chi connectivity index (χ3v) is 7.46. The maximum absolute atomic E-state index is 13.5. The number of ether oxygens (including phenoxy) is 2. The molecule has 1 aromatic heterocycles. The number of halogens is 1. The number of aromatic nitrogens is 1. The van der Waals surface area contributed by atoms with Gasteiger partial charge in [0.2, 0.25) is 5.88 Å². The lowest BCUT2D eigenvalue weighted by molar-refractivity contribution is -0.156. The third kappa shape index (κ3) is 7.73. The van der Waals surface area contributed by atoms with Gasteiger partial charge in [-0.1, -0.05) is 6.08 Å². The van der Waals surface area contributed by atoms with E-state index in [2.05, 4.69) is 22.0 Å². The smallest absolute Gasteiger partial charge is 0.320 e. The molecule has 4 rings (SSSR count). The number of esters is 1. The topological polar surface area (TPSA) is 75.1 Å². The minimum Gasteiger partial charge on any atom is -0.477 e. The van der Waals surface area contributed by atoms with E-state index < -0.39 is 18.0 Å². The summed E-state index contributed by atoms with van der Waals surface area (Å²) in [6, 6.07) is 3.99. The summed E-state index contributed by atoms with van der Waals surface area (Å²) in [6.45, 7) is 9.39. The second kappa shape index (κ2) is 12.0. The number of hydrogen-bond donors (Lipinski definition) is 1. The number of alkyl halides is 1. The second-order valence-corrected chi connectivity index (χ2v) is 11.6. The molecular formula is C28H42FN3O4. The van der Waals surface area contributed by atoms with Crippen LogP contribution in [0.2, 0.25) is 0 Å². The summed E-state index contributed by atoms with van der Waals surface area (Å²) >= 11 is 0. The Morgan fingerprint density at radius 2 is 1.97 bits per heavy atom. The number of aliphatic hydroxyl groups is 1. The van der Waals surface area contributed by atoms with Crippen LogP contribution in [-0.4, -0.2) is 83.2 Å². The van der Waals surface area contributed by atoms with Crippen LogP contribution >= 0.6 is 0 Å². The van der Waals surface area contributed by atoms with Gasteiger partial charge in [0.05, 0.1) is 13.2 Å². The average molecular weight is 504 g/mol. The van der Waals surface area contributed by atoms with Crippen LogP contribution in [0.3, 0.4) is 0 Å². The zero-order chi connectivity index (χ0) is 25.7. The van der Waals surface area contributed by atoms with E-state index >= 15 is 0 Å². The molecule has 1 N–H and O–H groups in total. The summed E-state index contributed by atoms with van der Waals surface area (Å²) in [4.78, 5) is 20.6. The summed E-state index contributed by atoms with van der Waals surface area (Å²) in [5.74, 6) is 1.08. The van der Waals surface area contributed by atoms with Gasteiger partial charge in [-0.05, 0) is 95.5 Å². The van der Waals surface area contributed by atoms with Crippen LogP contribution in [0.5, 0.6) is 5.88 Å². The number of pyridine rings is 1. The van der Waals surface area contributed by atoms with Crippen molar-refractivity contribution in [2.75, 3.05) is 39.3 Å². The Morgan fingerprint density at radius 1 is 1.19 bits per heavy atom. The van der Waals surface area contributed by atoms with Gasteiger partial charge in [-0.2, -0.15) is 0 Å². The fourth-order valence-corrected chi connectivity index (χ4v) is 5.40. The van der Waals surface area contributed by atoms with E-state index in [4.69, 9.17) is 9.47 Å². The Morgan fingerprint density at radius 3 is 2.56 bits per heavy atom. The number of carbonyl (C=O) groups is 1. The normalized spacial score (nSPS) is 25.4. The quantitative estimate of drug-likeness (QED) is 0.536. The Kier molecular flexibility index (Phi) is 9.01. The molecule has 0 aromatic carbocycles. The summed E-state index contributed by atoms with van der Waals surface area (Å²) < 4.78 is 24.9. The number of nitrogens with zero attached hydrogens (tertiary/aromatic N) is 3. The highest BCUT2D eigenvalue weighted by Crippen LogP contribution is 2.34. The van der Waals surface area contributed by atoms with E-state index in [0.717, 1.165) is 50.8 Å². The molecule has 7 nitrogen and oxygen atoms in total. The van der Waals surface area contributed by atoms with Crippen molar-refractivity contribution in [1.82, 2.24) is 14.8 Å². The van der Waals surface area contributed by atoms with Gasteiger partial charge in [0.15, 0.2) is 0 Å². The number of aliphatic hydroxyl groups excluding tert-OH is 1. The Bertz CT molecular complexity index is 893. The molecule has 0 radical (unpaired) electrons. The lowest BCUT2D eigenvalue weighted by Crippen LogP contribution is -2.40. The zero-order valence-electron chi connectivity index (χ0n) is 22.0. The zero-order valence-corrected chi connectivity index (χ0v) is 22.0. The van der Waals surface area contributed by atoms with Crippen LogP contribution in [0.15, 0.2) is 24.4 Å². The van der Waals surface area contributed by atoms with Crippen LogP contribution < -0.4 is 4.74 Å². The van der Waals surface area contributed by atoms with E-state index in [1.54, 1.807) is 0 Å². The molecule has 3 unspecified atom stereocenters. The van der Waals surface area contributed by atoms with Crippen molar-refractivity contribution in [1.29, 1.82) is 0 Å². The molecule has 1 aliphatic carbocycles. The van der Waals surface area contributed by atoms with E-state index in [1.807, 2.05) is 37.9 Å². The van der Waals surface area contributed by atoms with Crippen LogP contribution in [0.1, 0.15) is 64.9 Å². The maximum atomic E-state index is 13.5. The van der Waals surface area contributed by atoms with E-state index in [1.165, 1.54) is 5.57 Å². The molecule has 1 aromatic rings. The number of carbonyl (C=O) groups excluding carboxylic acids is 1. The number of allylic oxidation sites excluding steroid dienone is 2. The first-order valence-electron chi connectivity index (χ1n) is 13.4. The minimum absolute atomic E-state index is 0.158. The van der Waals surface area contributed by atoms with Crippen LogP contribution in [0, 0.1) is 11.8 Å². The lowest BCUT2D eigenvalue weighted by Gasteiger charge is -2.32. The van der Waals surface area contributed by atoms with Crippen LogP contribution in [0.25, 0.3) is 5.57 Å². The van der Waals surface area contributed by atoms with Gasteiger partial charge < -0.3 is 14.6 Å². The first kappa shape index (κ1) is 27.0. The molecule has 2 saturated heterocycles. The largest absolute Gasteiger partial charge is 0.477 e. The van der Waals surface area contributed by atoms with Gasteiger partial charge in [-0.15, -0.1) is 0 Å². The molecule has 3 aliphatic rings. The van der Waals surface area contributed by atoms with Crippen LogP contribution in [0.4, 0.5) is 4.39 Å². The number of likely N-dealkylation sites (tertiary alicyclic amines) is 2. The molecule has 0 bridgehead atoms. The lowest BCUT2D eigenvalue weighted by atomic mass is 9.85. The van der Waals surface area contributed by atoms with Gasteiger partial charge in [-0.3, -0.25) is 14.6 Å². The molecule has 3 heterocycles. The standard InChI is InChI=1S/C28H42FN3O4/c1-28(2,3)36-26(33)18-31-13-10-20(11-14-31)19-35-25-9-8-23(16-30-25)21-4-6-22(7-5-21)27(34)32-15-12-24(29)17-32/h4,8-9,16,20,22,24,27,34H,5-7,10-15,17-19H2,1-3H3. The van der Waals surface area contributed by atoms with Gasteiger partial charge in [0.25, 0.3) is 0 Å². The van der Waals surface area contributed by atoms with Crippen molar-refractivity contribution in [3.63, 3.8) is 0 Å². The van der Waals surface area contributed by atoms with Gasteiger partial charge in [-0.25, -0.2) is 9.37 Å². The maximum Gasteiger partial charge on any atom is 0.320 e. The molecule has 200 valence electrons. The van der Waals surface area contributed by atoms with Gasteiger partial charge >= 0.3 is 5.97 Å². The molecule has 0 spiro atoms. The van der Waals surface area contributed by atoms with Crippen molar-refractivity contribution < 1.29 is 23.8 Å². The summed E-state index contributed by atoms with van der Waals surface area (Å²) in [5.41, 5.74) is 1.90. The first-order valence-corrected chi connectivity index (χ1v) is 13.4. The predicted octanol–water partition coefficient (Wildman–Crippen LogP) is 4.06. The molecular weight excluding hydrogens is 461 g/mol. The van der Waals surface area contributed by atoms with Gasteiger partial charge in [0.1, 0.15) is 18.0 Å². The Balaban J connectivity index is 1.17. The number of piperidine rings is 1. The highest BCUT2D eigenvalue weighted by atomic mass is 19.1. The first-order chi connectivity index (χ1) is 17.2. The predicted molar refractivity (Wildman–Crippen MR) is 137 cm³/mol. The van der Waals surface area contributed by atoms with Crippen molar-refractivity contribution in [2.45, 2.75) is 77.3 Å². The van der Waals surface area contributed by atoms with Crippen molar-refractivity contribution >= 4 is 11.5 Å². The molecule has 0 saturated carbocycles. The second-order valence-electron chi connectivity index (χ2n) is 11.6. The van der Waals surface area contributed by atoms with Crippen molar-refractivity contribution in [3.05, 3.63) is 30.0 Å². The molecule has 0 amide bonds. The Labute approximate surface area is 214 Å². The monoisotopic (exact) mass is 503 g/mol. The Hall–Kier alpha value is -2.03. The molecule has 36 heavy (non-hydrogen) atoms. The summed E-state index contributed by atoms with van der Waals surface area (Å²) in [6.07, 6.45) is 7.80. The molecule has 3 atom stereocenters. The third-order valence-electron chi connectivity index (χ3n) is 7.46. The fourth-order valence-electron chi connectivity index (χ4n) is 5.40.